The average Bonchev–Trinajstić information content (AvgIpc) is 3.10. The lowest BCUT2D eigenvalue weighted by molar-refractivity contribution is 0.0593. The fourth-order valence-corrected chi connectivity index (χ4v) is 2.51. The largest absolute Gasteiger partial charge is 0.464 e. The number of ether oxygens (including phenoxy) is 1. The highest BCUT2D eigenvalue weighted by atomic mass is 35.5. The van der Waals surface area contributed by atoms with E-state index in [0.29, 0.717) is 16.2 Å². The molecule has 1 aromatic carbocycles. The second-order valence-electron chi connectivity index (χ2n) is 4.54. The number of nitrogens with one attached hydrogen (secondary N) is 1. The predicted molar refractivity (Wildman–Crippen MR) is 80.9 cm³/mol. The third-order valence-electron chi connectivity index (χ3n) is 3.31. The lowest BCUT2D eigenvalue weighted by Gasteiger charge is -2.09. The van der Waals surface area contributed by atoms with E-state index >= 15 is 0 Å². The Kier molecular flexibility index (Phi) is 3.23. The summed E-state index contributed by atoms with van der Waals surface area (Å²) in [5, 5.41) is 17.1. The molecule has 0 saturated heterocycles. The van der Waals surface area contributed by atoms with Crippen LogP contribution in [0.2, 0.25) is 5.02 Å². The number of aromatic nitrogens is 3. The van der Waals surface area contributed by atoms with Crippen LogP contribution < -0.4 is 5.73 Å². The molecule has 0 aliphatic carbocycles. The van der Waals surface area contributed by atoms with Crippen molar-refractivity contribution in [2.24, 2.45) is 0 Å². The van der Waals surface area contributed by atoms with Gasteiger partial charge in [0.1, 0.15) is 6.07 Å². The van der Waals surface area contributed by atoms with E-state index in [4.69, 9.17) is 27.3 Å². The number of fused-ring (bicyclic) bond motifs is 1. The van der Waals surface area contributed by atoms with Gasteiger partial charge in [-0.25, -0.2) is 4.79 Å². The Labute approximate surface area is 129 Å². The fraction of sp³-hybridized carbons (Fsp3) is 0.0714. The minimum atomic E-state index is -0.639. The molecular weight excluding hydrogens is 306 g/mol. The van der Waals surface area contributed by atoms with Crippen LogP contribution in [0.4, 0.5) is 5.69 Å². The first-order valence-electron chi connectivity index (χ1n) is 6.19. The number of hydrogen-bond donors (Lipinski definition) is 2. The van der Waals surface area contributed by atoms with E-state index in [1.807, 2.05) is 6.07 Å². The van der Waals surface area contributed by atoms with Crippen molar-refractivity contribution in [1.29, 1.82) is 5.26 Å². The number of nitriles is 1. The van der Waals surface area contributed by atoms with Crippen LogP contribution in [0.25, 0.3) is 16.6 Å². The van der Waals surface area contributed by atoms with Crippen molar-refractivity contribution >= 4 is 34.2 Å². The zero-order chi connectivity index (χ0) is 15.9. The molecule has 0 fully saturated rings. The highest BCUT2D eigenvalue weighted by molar-refractivity contribution is 6.35. The number of carbonyl (C=O) groups excluding carboxylic acids is 1. The smallest absolute Gasteiger partial charge is 0.357 e. The molecule has 7 nitrogen and oxygen atoms in total. The van der Waals surface area contributed by atoms with E-state index in [1.54, 1.807) is 18.3 Å². The molecule has 2 heterocycles. The molecule has 0 unspecified atom stereocenters. The summed E-state index contributed by atoms with van der Waals surface area (Å²) in [6.07, 6.45) is 3.07. The Hall–Kier alpha value is -2.98. The van der Waals surface area contributed by atoms with Gasteiger partial charge in [-0.15, -0.1) is 0 Å². The molecule has 0 radical (unpaired) electrons. The zero-order valence-electron chi connectivity index (χ0n) is 11.4. The summed E-state index contributed by atoms with van der Waals surface area (Å²) < 4.78 is 6.22. The van der Waals surface area contributed by atoms with Crippen LogP contribution in [-0.2, 0) is 4.74 Å². The van der Waals surface area contributed by atoms with Crippen LogP contribution in [-0.4, -0.2) is 27.8 Å². The highest BCUT2D eigenvalue weighted by Gasteiger charge is 2.22. The first-order chi connectivity index (χ1) is 10.6. The second kappa shape index (κ2) is 5.09. The molecule has 0 aliphatic heterocycles. The molecule has 0 saturated carbocycles. The van der Waals surface area contributed by atoms with E-state index in [9.17, 15) is 4.79 Å². The SMILES string of the molecule is COC(=O)c1c(N)c(C#N)cn1-c1cc(Cl)c2cn[nH]c2c1. The third-order valence-corrected chi connectivity index (χ3v) is 3.63. The van der Waals surface area contributed by atoms with E-state index in [-0.39, 0.29) is 16.9 Å². The molecule has 3 rings (SSSR count). The Balaban J connectivity index is 2.30. The number of nitrogens with zero attached hydrogens (tertiary/aromatic N) is 3. The first-order valence-corrected chi connectivity index (χ1v) is 6.56. The summed E-state index contributed by atoms with van der Waals surface area (Å²) in [7, 11) is 1.25. The molecule has 0 bridgehead atoms. The number of H-pyrrole nitrogens is 1. The van der Waals surface area contributed by atoms with Gasteiger partial charge in [-0.2, -0.15) is 10.4 Å². The molecular formula is C14H10ClN5O2. The quantitative estimate of drug-likeness (QED) is 0.705. The van der Waals surface area contributed by atoms with E-state index in [2.05, 4.69) is 10.2 Å². The van der Waals surface area contributed by atoms with E-state index in [1.165, 1.54) is 17.9 Å². The van der Waals surface area contributed by atoms with Gasteiger partial charge < -0.3 is 15.0 Å². The van der Waals surface area contributed by atoms with Gasteiger partial charge in [-0.1, -0.05) is 11.6 Å². The zero-order valence-corrected chi connectivity index (χ0v) is 12.2. The maximum atomic E-state index is 12.0. The number of anilines is 1. The fourth-order valence-electron chi connectivity index (χ4n) is 2.25. The normalized spacial score (nSPS) is 10.6. The molecule has 8 heteroatoms. The van der Waals surface area contributed by atoms with Gasteiger partial charge in [0.25, 0.3) is 0 Å². The van der Waals surface area contributed by atoms with Gasteiger partial charge in [-0.05, 0) is 12.1 Å². The molecule has 0 atom stereocenters. The minimum absolute atomic E-state index is 0.0650. The van der Waals surface area contributed by atoms with Crippen LogP contribution in [0.1, 0.15) is 16.1 Å². The van der Waals surface area contributed by atoms with Gasteiger partial charge in [-0.3, -0.25) is 5.10 Å². The molecule has 2 aromatic heterocycles. The van der Waals surface area contributed by atoms with Gasteiger partial charge in [0.15, 0.2) is 5.69 Å². The Bertz CT molecular complexity index is 935. The topological polar surface area (TPSA) is 110 Å². The maximum absolute atomic E-state index is 12.0. The van der Waals surface area contributed by atoms with Crippen LogP contribution in [0, 0.1) is 11.3 Å². The van der Waals surface area contributed by atoms with Crippen LogP contribution in [0.15, 0.2) is 24.5 Å². The number of halogens is 1. The number of rotatable bonds is 2. The number of nitrogens with two attached hydrogens (primary N) is 1. The average molecular weight is 316 g/mol. The molecule has 3 aromatic rings. The second-order valence-corrected chi connectivity index (χ2v) is 4.94. The van der Waals surface area contributed by atoms with Crippen LogP contribution in [0.5, 0.6) is 0 Å². The Morgan fingerprint density at radius 3 is 3.00 bits per heavy atom. The standard InChI is InChI=1S/C14H10ClN5O2/c1-22-14(21)13-12(17)7(4-16)6-20(13)8-2-10(15)9-5-18-19-11(9)3-8/h2-3,5-6H,17H2,1H3,(H,18,19). The van der Waals surface area contributed by atoms with Gasteiger partial charge in [0.05, 0.1) is 35.1 Å². The van der Waals surface area contributed by atoms with Gasteiger partial charge in [0, 0.05) is 17.3 Å². The summed E-state index contributed by atoms with van der Waals surface area (Å²) in [5.41, 5.74) is 7.45. The molecule has 110 valence electrons. The highest BCUT2D eigenvalue weighted by Crippen LogP contribution is 2.29. The van der Waals surface area contributed by atoms with Crippen LogP contribution >= 0.6 is 11.6 Å². The lowest BCUT2D eigenvalue weighted by atomic mass is 10.2. The molecule has 0 spiro atoms. The van der Waals surface area contributed by atoms with Crippen molar-refractivity contribution in [3.8, 4) is 11.8 Å². The number of aromatic amines is 1. The van der Waals surface area contributed by atoms with Crippen molar-refractivity contribution < 1.29 is 9.53 Å². The summed E-state index contributed by atoms with van der Waals surface area (Å²) in [6, 6.07) is 5.36. The molecule has 22 heavy (non-hydrogen) atoms. The molecule has 0 amide bonds. The number of benzene rings is 1. The number of esters is 1. The van der Waals surface area contributed by atoms with E-state index < -0.39 is 5.97 Å². The number of hydrogen-bond acceptors (Lipinski definition) is 5. The van der Waals surface area contributed by atoms with Crippen molar-refractivity contribution in [1.82, 2.24) is 14.8 Å². The summed E-state index contributed by atoms with van der Waals surface area (Å²) in [4.78, 5) is 12.0. The van der Waals surface area contributed by atoms with Gasteiger partial charge in [0.2, 0.25) is 0 Å². The number of nitrogen functional groups attached to an aromatic ring is 1. The maximum Gasteiger partial charge on any atom is 0.357 e. The summed E-state index contributed by atoms with van der Waals surface area (Å²) >= 11 is 6.21. The Morgan fingerprint density at radius 2 is 2.32 bits per heavy atom. The van der Waals surface area contributed by atoms with Gasteiger partial charge >= 0.3 is 5.97 Å². The van der Waals surface area contributed by atoms with Crippen molar-refractivity contribution in [2.75, 3.05) is 12.8 Å². The first kappa shape index (κ1) is 14.0. The summed E-state index contributed by atoms with van der Waals surface area (Å²) in [6.45, 7) is 0. The lowest BCUT2D eigenvalue weighted by Crippen LogP contribution is -2.11. The third kappa shape index (κ3) is 1.98. The number of methoxy groups -OCH3 is 1. The Morgan fingerprint density at radius 1 is 1.55 bits per heavy atom. The molecule has 0 aliphatic rings. The number of carbonyl (C=O) groups is 1. The molecule has 3 N–H and O–H groups in total. The predicted octanol–water partition coefficient (Wildman–Crippen LogP) is 2.25. The van der Waals surface area contributed by atoms with Crippen molar-refractivity contribution in [2.45, 2.75) is 0 Å². The van der Waals surface area contributed by atoms with Crippen molar-refractivity contribution in [3.05, 3.63) is 40.8 Å². The van der Waals surface area contributed by atoms with Crippen LogP contribution in [0.3, 0.4) is 0 Å². The monoisotopic (exact) mass is 315 g/mol. The minimum Gasteiger partial charge on any atom is -0.464 e. The van der Waals surface area contributed by atoms with E-state index in [0.717, 1.165) is 5.39 Å². The summed E-state index contributed by atoms with van der Waals surface area (Å²) in [5.74, 6) is -0.639. The van der Waals surface area contributed by atoms with Crippen molar-refractivity contribution in [3.63, 3.8) is 0 Å².